The Kier molecular flexibility index (Phi) is 3.74. The maximum atomic E-state index is 11.9. The van der Waals surface area contributed by atoms with Crippen molar-refractivity contribution in [3.8, 4) is 0 Å². The number of carbonyl (C=O) groups excluding carboxylic acids is 1. The zero-order valence-corrected chi connectivity index (χ0v) is 7.87. The quantitative estimate of drug-likeness (QED) is 0.536. The summed E-state index contributed by atoms with van der Waals surface area (Å²) in [6.07, 6.45) is 0. The number of methoxy groups -OCH3 is 1. The first-order valence-electron chi connectivity index (χ1n) is 3.41. The molecule has 0 amide bonds. The Balaban J connectivity index is 2.67. The minimum atomic E-state index is -2.63. The fourth-order valence-corrected chi connectivity index (χ4v) is 1.11. The minimum Gasteiger partial charge on any atom is -0.468 e. The topological polar surface area (TPSA) is 69.9 Å². The van der Waals surface area contributed by atoms with Crippen molar-refractivity contribution in [3.05, 3.63) is 0 Å². The molecule has 1 heterocycles. The lowest BCUT2D eigenvalue weighted by atomic mass is 10.7. The number of aromatic nitrogens is 4. The van der Waals surface area contributed by atoms with E-state index in [0.717, 1.165) is 4.68 Å². The zero-order valence-electron chi connectivity index (χ0n) is 7.05. The summed E-state index contributed by atoms with van der Waals surface area (Å²) in [5, 5.41) is 9.72. The van der Waals surface area contributed by atoms with Gasteiger partial charge in [0.25, 0.3) is 5.76 Å². The van der Waals surface area contributed by atoms with Crippen LogP contribution in [0.1, 0.15) is 0 Å². The summed E-state index contributed by atoms with van der Waals surface area (Å²) in [7, 11) is 1.19. The molecule has 0 bridgehead atoms. The largest absolute Gasteiger partial charge is 0.468 e. The number of ether oxygens (including phenoxy) is 1. The van der Waals surface area contributed by atoms with E-state index in [2.05, 4.69) is 20.3 Å². The minimum absolute atomic E-state index is 0.120. The second kappa shape index (κ2) is 4.84. The van der Waals surface area contributed by atoms with Gasteiger partial charge in [0.05, 0.1) is 7.11 Å². The van der Waals surface area contributed by atoms with Gasteiger partial charge in [-0.3, -0.25) is 4.79 Å². The van der Waals surface area contributed by atoms with Gasteiger partial charge in [-0.25, -0.2) is 4.68 Å². The molecule has 0 fully saturated rings. The Bertz CT molecular complexity index is 318. The van der Waals surface area contributed by atoms with Gasteiger partial charge in [0, 0.05) is 0 Å². The molecule has 0 aliphatic rings. The number of thioether (sulfide) groups is 1. The molecule has 0 saturated carbocycles. The number of esters is 1. The lowest BCUT2D eigenvalue weighted by molar-refractivity contribution is -0.141. The second-order valence-electron chi connectivity index (χ2n) is 2.07. The van der Waals surface area contributed by atoms with E-state index in [9.17, 15) is 13.6 Å². The molecule has 0 spiro atoms. The Hall–Kier alpha value is -1.25. The third-order valence-electron chi connectivity index (χ3n) is 1.20. The fourth-order valence-electron chi connectivity index (χ4n) is 0.647. The summed E-state index contributed by atoms with van der Waals surface area (Å²) >= 11 is 0.170. The van der Waals surface area contributed by atoms with Crippen LogP contribution in [-0.4, -0.2) is 39.0 Å². The Morgan fingerprint density at radius 3 is 3.00 bits per heavy atom. The molecule has 9 heteroatoms. The lowest BCUT2D eigenvalue weighted by Gasteiger charge is -2.01. The highest BCUT2D eigenvalue weighted by Crippen LogP contribution is 2.21. The van der Waals surface area contributed by atoms with Crippen molar-refractivity contribution in [1.82, 2.24) is 20.2 Å². The summed E-state index contributed by atoms with van der Waals surface area (Å²) in [6, 6.07) is 0. The first-order valence-corrected chi connectivity index (χ1v) is 4.29. The van der Waals surface area contributed by atoms with Crippen LogP contribution in [0.2, 0.25) is 0 Å². The van der Waals surface area contributed by atoms with E-state index < -0.39 is 11.7 Å². The molecule has 78 valence electrons. The van der Waals surface area contributed by atoms with Crippen LogP contribution in [0.25, 0.3) is 0 Å². The summed E-state index contributed by atoms with van der Waals surface area (Å²) in [5.74, 6) is -3.23. The monoisotopic (exact) mass is 224 g/mol. The molecule has 0 aliphatic heterocycles. The molecule has 1 aromatic heterocycles. The predicted octanol–water partition coefficient (Wildman–Crippen LogP) is 0.161. The number of tetrazole rings is 1. The Morgan fingerprint density at radius 1 is 1.71 bits per heavy atom. The van der Waals surface area contributed by atoms with Gasteiger partial charge < -0.3 is 4.74 Å². The van der Waals surface area contributed by atoms with Crippen molar-refractivity contribution in [2.75, 3.05) is 7.11 Å². The molecule has 6 nitrogen and oxygen atoms in total. The SMILES string of the molecule is COC(=O)Cn1nnnc1SC(F)F. The number of rotatable bonds is 4. The van der Waals surface area contributed by atoms with Gasteiger partial charge in [-0.15, -0.1) is 5.10 Å². The average Bonchev–Trinajstić information content (AvgIpc) is 2.52. The van der Waals surface area contributed by atoms with E-state index in [4.69, 9.17) is 0 Å². The van der Waals surface area contributed by atoms with E-state index in [1.165, 1.54) is 7.11 Å². The maximum absolute atomic E-state index is 11.9. The normalized spacial score (nSPS) is 10.6. The number of hydrogen-bond acceptors (Lipinski definition) is 6. The number of alkyl halides is 2. The zero-order chi connectivity index (χ0) is 10.6. The number of nitrogens with zero attached hydrogens (tertiary/aromatic N) is 4. The molecule has 1 rings (SSSR count). The smallest absolute Gasteiger partial charge is 0.327 e. The third kappa shape index (κ3) is 2.91. The van der Waals surface area contributed by atoms with Crippen LogP contribution in [0, 0.1) is 0 Å². The number of hydrogen-bond donors (Lipinski definition) is 0. The molecule has 0 aromatic carbocycles. The molecule has 14 heavy (non-hydrogen) atoms. The predicted molar refractivity (Wildman–Crippen MR) is 41.7 cm³/mol. The molecular formula is C5H6F2N4O2S. The van der Waals surface area contributed by atoms with Crippen LogP contribution in [0.5, 0.6) is 0 Å². The number of carbonyl (C=O) groups is 1. The van der Waals surface area contributed by atoms with Crippen LogP contribution >= 0.6 is 11.8 Å². The summed E-state index contributed by atoms with van der Waals surface area (Å²) in [4.78, 5) is 10.8. The van der Waals surface area contributed by atoms with Crippen molar-refractivity contribution in [1.29, 1.82) is 0 Å². The third-order valence-corrected chi connectivity index (χ3v) is 1.88. The van der Waals surface area contributed by atoms with Gasteiger partial charge in [0.1, 0.15) is 6.54 Å². The average molecular weight is 224 g/mol. The first kappa shape index (κ1) is 10.8. The maximum Gasteiger partial charge on any atom is 0.327 e. The van der Waals surface area contributed by atoms with E-state index >= 15 is 0 Å². The van der Waals surface area contributed by atoms with Crippen LogP contribution in [0.3, 0.4) is 0 Å². The molecular weight excluding hydrogens is 218 g/mol. The summed E-state index contributed by atoms with van der Waals surface area (Å²) in [5.41, 5.74) is 0. The first-order chi connectivity index (χ1) is 6.63. The van der Waals surface area contributed by atoms with E-state index in [1.807, 2.05) is 0 Å². The molecule has 0 N–H and O–H groups in total. The Labute approximate surface area is 81.6 Å². The van der Waals surface area contributed by atoms with Gasteiger partial charge in [-0.2, -0.15) is 8.78 Å². The molecule has 0 saturated heterocycles. The fraction of sp³-hybridized carbons (Fsp3) is 0.600. The molecule has 0 aliphatic carbocycles. The summed E-state index contributed by atoms with van der Waals surface area (Å²) in [6.45, 7) is -0.279. The van der Waals surface area contributed by atoms with Gasteiger partial charge >= 0.3 is 5.97 Å². The van der Waals surface area contributed by atoms with Crippen LogP contribution in [-0.2, 0) is 16.1 Å². The van der Waals surface area contributed by atoms with Crippen molar-refractivity contribution in [2.45, 2.75) is 17.5 Å². The highest BCUT2D eigenvalue weighted by Gasteiger charge is 2.15. The van der Waals surface area contributed by atoms with Crippen LogP contribution in [0.15, 0.2) is 5.16 Å². The van der Waals surface area contributed by atoms with E-state index in [1.54, 1.807) is 0 Å². The summed E-state index contributed by atoms with van der Waals surface area (Å²) < 4.78 is 29.1. The highest BCUT2D eigenvalue weighted by atomic mass is 32.2. The van der Waals surface area contributed by atoms with E-state index in [-0.39, 0.29) is 23.5 Å². The second-order valence-corrected chi connectivity index (χ2v) is 3.03. The number of halogens is 2. The van der Waals surface area contributed by atoms with Gasteiger partial charge in [0.15, 0.2) is 0 Å². The standard InChI is InChI=1S/C5H6F2N4O2S/c1-13-3(12)2-11-5(8-9-10-11)14-4(6)7/h4H,2H2,1H3. The van der Waals surface area contributed by atoms with Crippen LogP contribution < -0.4 is 0 Å². The lowest BCUT2D eigenvalue weighted by Crippen LogP contribution is -2.14. The molecule has 0 atom stereocenters. The van der Waals surface area contributed by atoms with Gasteiger partial charge in [-0.1, -0.05) is 0 Å². The molecule has 0 radical (unpaired) electrons. The van der Waals surface area contributed by atoms with Crippen molar-refractivity contribution in [2.24, 2.45) is 0 Å². The van der Waals surface area contributed by atoms with Crippen molar-refractivity contribution < 1.29 is 18.3 Å². The highest BCUT2D eigenvalue weighted by molar-refractivity contribution is 7.99. The van der Waals surface area contributed by atoms with E-state index in [0.29, 0.717) is 0 Å². The molecule has 1 aromatic rings. The van der Waals surface area contributed by atoms with Crippen molar-refractivity contribution in [3.63, 3.8) is 0 Å². The van der Waals surface area contributed by atoms with Crippen LogP contribution in [0.4, 0.5) is 8.78 Å². The molecule has 0 unspecified atom stereocenters. The Morgan fingerprint density at radius 2 is 2.43 bits per heavy atom. The van der Waals surface area contributed by atoms with Gasteiger partial charge in [-0.05, 0) is 22.2 Å². The van der Waals surface area contributed by atoms with Crippen molar-refractivity contribution >= 4 is 17.7 Å². The van der Waals surface area contributed by atoms with Gasteiger partial charge in [0.2, 0.25) is 5.16 Å².